The lowest BCUT2D eigenvalue weighted by Crippen LogP contribution is -2.01. The Labute approximate surface area is 156 Å². The number of carbonyl (C=O) groups is 1. The van der Waals surface area contributed by atoms with Gasteiger partial charge in [-0.25, -0.2) is 9.78 Å². The van der Waals surface area contributed by atoms with E-state index >= 15 is 0 Å². The van der Waals surface area contributed by atoms with Gasteiger partial charge in [0.05, 0.1) is 6.20 Å². The van der Waals surface area contributed by atoms with Gasteiger partial charge in [-0.3, -0.25) is 0 Å². The molecule has 0 bridgehead atoms. The SMILES string of the molecule is CCCCCCCCCc1ccc(COc2ccc(C(=O)O)nc2)cc1. The van der Waals surface area contributed by atoms with Crippen LogP contribution in [0.3, 0.4) is 0 Å². The lowest BCUT2D eigenvalue weighted by atomic mass is 10.0. The number of aryl methyl sites for hydroxylation is 1. The average Bonchev–Trinajstić information content (AvgIpc) is 2.67. The molecular weight excluding hydrogens is 326 g/mol. The molecule has 140 valence electrons. The van der Waals surface area contributed by atoms with Gasteiger partial charge >= 0.3 is 5.97 Å². The second kappa shape index (κ2) is 11.3. The summed E-state index contributed by atoms with van der Waals surface area (Å²) < 4.78 is 5.66. The molecule has 0 unspecified atom stereocenters. The number of pyridine rings is 1. The summed E-state index contributed by atoms with van der Waals surface area (Å²) >= 11 is 0. The van der Waals surface area contributed by atoms with Crippen molar-refractivity contribution >= 4 is 5.97 Å². The van der Waals surface area contributed by atoms with Crippen LogP contribution in [-0.4, -0.2) is 16.1 Å². The molecule has 0 saturated heterocycles. The van der Waals surface area contributed by atoms with E-state index in [2.05, 4.69) is 36.2 Å². The van der Waals surface area contributed by atoms with Crippen LogP contribution >= 0.6 is 0 Å². The van der Waals surface area contributed by atoms with Crippen LogP contribution in [0, 0.1) is 0 Å². The molecule has 0 aliphatic carbocycles. The van der Waals surface area contributed by atoms with Crippen molar-refractivity contribution in [2.24, 2.45) is 0 Å². The topological polar surface area (TPSA) is 59.4 Å². The lowest BCUT2D eigenvalue weighted by molar-refractivity contribution is 0.0690. The Hall–Kier alpha value is -2.36. The van der Waals surface area contributed by atoms with Crippen molar-refractivity contribution in [3.63, 3.8) is 0 Å². The number of hydrogen-bond donors (Lipinski definition) is 1. The summed E-state index contributed by atoms with van der Waals surface area (Å²) in [6.45, 7) is 2.70. The molecule has 1 aromatic carbocycles. The highest BCUT2D eigenvalue weighted by Crippen LogP contribution is 2.14. The quantitative estimate of drug-likeness (QED) is 0.500. The molecule has 0 amide bonds. The van der Waals surface area contributed by atoms with Crippen LogP contribution < -0.4 is 4.74 Å². The lowest BCUT2D eigenvalue weighted by Gasteiger charge is -2.07. The molecule has 1 heterocycles. The van der Waals surface area contributed by atoms with Crippen LogP contribution in [0.25, 0.3) is 0 Å². The molecule has 0 spiro atoms. The standard InChI is InChI=1S/C22H29NO3/c1-2-3-4-5-6-7-8-9-18-10-12-19(13-11-18)17-26-20-14-15-21(22(24)25)23-16-20/h10-16H,2-9,17H2,1H3,(H,24,25). The molecular formula is C22H29NO3. The molecule has 0 saturated carbocycles. The fraction of sp³-hybridized carbons (Fsp3) is 0.455. The number of hydrogen-bond acceptors (Lipinski definition) is 3. The van der Waals surface area contributed by atoms with Crippen molar-refractivity contribution in [3.05, 3.63) is 59.4 Å². The maximum absolute atomic E-state index is 10.8. The van der Waals surface area contributed by atoms with Crippen LogP contribution in [0.4, 0.5) is 0 Å². The van der Waals surface area contributed by atoms with Gasteiger partial charge in [0.15, 0.2) is 0 Å². The highest BCUT2D eigenvalue weighted by atomic mass is 16.5. The zero-order valence-corrected chi connectivity index (χ0v) is 15.6. The van der Waals surface area contributed by atoms with Crippen LogP contribution in [0.5, 0.6) is 5.75 Å². The van der Waals surface area contributed by atoms with Crippen molar-refractivity contribution < 1.29 is 14.6 Å². The Morgan fingerprint density at radius 2 is 1.58 bits per heavy atom. The third kappa shape index (κ3) is 7.26. The number of carboxylic acids is 1. The van der Waals surface area contributed by atoms with E-state index in [9.17, 15) is 4.79 Å². The summed E-state index contributed by atoms with van der Waals surface area (Å²) in [5, 5.41) is 8.83. The molecule has 0 aliphatic heterocycles. The number of rotatable bonds is 12. The van der Waals surface area contributed by atoms with E-state index < -0.39 is 5.97 Å². The predicted molar refractivity (Wildman–Crippen MR) is 104 cm³/mol. The first-order valence-electron chi connectivity index (χ1n) is 9.59. The van der Waals surface area contributed by atoms with Gasteiger partial charge in [0.2, 0.25) is 0 Å². The van der Waals surface area contributed by atoms with E-state index in [1.54, 1.807) is 6.07 Å². The first kappa shape index (κ1) is 20.0. The zero-order valence-electron chi connectivity index (χ0n) is 15.6. The van der Waals surface area contributed by atoms with Gasteiger partial charge in [0, 0.05) is 0 Å². The van der Waals surface area contributed by atoms with Crippen LogP contribution in [0.2, 0.25) is 0 Å². The molecule has 26 heavy (non-hydrogen) atoms. The fourth-order valence-electron chi connectivity index (χ4n) is 2.85. The largest absolute Gasteiger partial charge is 0.487 e. The van der Waals surface area contributed by atoms with E-state index in [0.717, 1.165) is 12.0 Å². The van der Waals surface area contributed by atoms with Gasteiger partial charge < -0.3 is 9.84 Å². The first-order chi connectivity index (χ1) is 12.7. The Kier molecular flexibility index (Phi) is 8.67. The predicted octanol–water partition coefficient (Wildman–Crippen LogP) is 5.65. The van der Waals surface area contributed by atoms with Gasteiger partial charge in [-0.1, -0.05) is 69.7 Å². The van der Waals surface area contributed by atoms with Crippen molar-refractivity contribution in [2.45, 2.75) is 64.9 Å². The fourth-order valence-corrected chi connectivity index (χ4v) is 2.85. The molecule has 0 fully saturated rings. The second-order valence-electron chi connectivity index (χ2n) is 6.66. The third-order valence-corrected chi connectivity index (χ3v) is 4.45. The normalized spacial score (nSPS) is 10.7. The van der Waals surface area contributed by atoms with Gasteiger partial charge in [0.25, 0.3) is 0 Å². The van der Waals surface area contributed by atoms with Gasteiger partial charge in [0.1, 0.15) is 18.1 Å². The minimum absolute atomic E-state index is 0.0204. The van der Waals surface area contributed by atoms with Crippen LogP contribution in [0.1, 0.15) is 73.5 Å². The molecule has 2 rings (SSSR count). The maximum atomic E-state index is 10.8. The van der Waals surface area contributed by atoms with Crippen molar-refractivity contribution in [1.29, 1.82) is 0 Å². The highest BCUT2D eigenvalue weighted by Gasteiger charge is 2.04. The average molecular weight is 355 g/mol. The molecule has 1 aromatic heterocycles. The number of aromatic carboxylic acids is 1. The maximum Gasteiger partial charge on any atom is 0.354 e. The van der Waals surface area contributed by atoms with E-state index in [0.29, 0.717) is 12.4 Å². The Morgan fingerprint density at radius 3 is 2.19 bits per heavy atom. The van der Waals surface area contributed by atoms with Crippen LogP contribution in [0.15, 0.2) is 42.6 Å². The number of carboxylic acid groups (broad SMARTS) is 1. The summed E-state index contributed by atoms with van der Waals surface area (Å²) in [5.74, 6) is -0.463. The van der Waals surface area contributed by atoms with E-state index in [1.165, 1.54) is 62.8 Å². The zero-order chi connectivity index (χ0) is 18.6. The minimum Gasteiger partial charge on any atom is -0.487 e. The number of ether oxygens (including phenoxy) is 1. The van der Waals surface area contributed by atoms with Crippen molar-refractivity contribution in [2.75, 3.05) is 0 Å². The minimum atomic E-state index is -1.03. The summed E-state index contributed by atoms with van der Waals surface area (Å²) in [6.07, 6.45) is 11.9. The van der Waals surface area contributed by atoms with E-state index in [-0.39, 0.29) is 5.69 Å². The molecule has 0 radical (unpaired) electrons. The third-order valence-electron chi connectivity index (χ3n) is 4.45. The molecule has 4 heteroatoms. The Balaban J connectivity index is 1.67. The second-order valence-corrected chi connectivity index (χ2v) is 6.66. The van der Waals surface area contributed by atoms with Crippen LogP contribution in [-0.2, 0) is 13.0 Å². The summed E-state index contributed by atoms with van der Waals surface area (Å²) in [7, 11) is 0. The number of aromatic nitrogens is 1. The number of unbranched alkanes of at least 4 members (excludes halogenated alkanes) is 6. The smallest absolute Gasteiger partial charge is 0.354 e. The summed E-state index contributed by atoms with van der Waals surface area (Å²) in [6, 6.07) is 11.6. The van der Waals surface area contributed by atoms with Gasteiger partial charge in [-0.05, 0) is 36.1 Å². The summed E-state index contributed by atoms with van der Waals surface area (Å²) in [5.41, 5.74) is 2.48. The highest BCUT2D eigenvalue weighted by molar-refractivity contribution is 5.85. The molecule has 1 N–H and O–H groups in total. The number of nitrogens with zero attached hydrogens (tertiary/aromatic N) is 1. The van der Waals surface area contributed by atoms with E-state index in [1.807, 2.05) is 0 Å². The van der Waals surface area contributed by atoms with E-state index in [4.69, 9.17) is 9.84 Å². The van der Waals surface area contributed by atoms with Gasteiger partial charge in [-0.15, -0.1) is 0 Å². The monoisotopic (exact) mass is 355 g/mol. The Bertz CT molecular complexity index is 650. The van der Waals surface area contributed by atoms with Crippen molar-refractivity contribution in [1.82, 2.24) is 4.98 Å². The molecule has 0 atom stereocenters. The van der Waals surface area contributed by atoms with Gasteiger partial charge in [-0.2, -0.15) is 0 Å². The van der Waals surface area contributed by atoms with Crippen molar-refractivity contribution in [3.8, 4) is 5.75 Å². The number of benzene rings is 1. The summed E-state index contributed by atoms with van der Waals surface area (Å²) in [4.78, 5) is 14.6. The molecule has 2 aromatic rings. The molecule has 0 aliphatic rings. The molecule has 4 nitrogen and oxygen atoms in total. The first-order valence-corrected chi connectivity index (χ1v) is 9.59. The Morgan fingerprint density at radius 1 is 0.923 bits per heavy atom.